The molecule has 0 bridgehead atoms. The van der Waals surface area contributed by atoms with Gasteiger partial charge in [0.1, 0.15) is 11.5 Å². The van der Waals surface area contributed by atoms with Crippen molar-refractivity contribution >= 4 is 11.7 Å². The molecule has 0 radical (unpaired) electrons. The van der Waals surface area contributed by atoms with Crippen molar-refractivity contribution in [3.63, 3.8) is 0 Å². The molecule has 0 aromatic carbocycles. The van der Waals surface area contributed by atoms with Crippen LogP contribution in [0.15, 0.2) is 28.9 Å². The molecule has 1 saturated carbocycles. The van der Waals surface area contributed by atoms with Crippen LogP contribution in [-0.4, -0.2) is 26.8 Å². The van der Waals surface area contributed by atoms with Gasteiger partial charge in [0.15, 0.2) is 0 Å². The van der Waals surface area contributed by atoms with Crippen molar-refractivity contribution in [2.75, 3.05) is 5.32 Å². The van der Waals surface area contributed by atoms with Gasteiger partial charge < -0.3 is 14.6 Å². The lowest BCUT2D eigenvalue weighted by atomic mass is 10.4. The van der Waals surface area contributed by atoms with Gasteiger partial charge in [-0.05, 0) is 38.8 Å². The molecular weight excluding hydrogens is 268 g/mol. The van der Waals surface area contributed by atoms with Gasteiger partial charge in [-0.25, -0.2) is 4.79 Å². The molecule has 21 heavy (non-hydrogen) atoms. The third-order valence-corrected chi connectivity index (χ3v) is 3.58. The van der Waals surface area contributed by atoms with E-state index in [1.54, 1.807) is 10.9 Å². The summed E-state index contributed by atoms with van der Waals surface area (Å²) in [6.45, 7) is 5.21. The number of carbonyl (C=O) groups excluding carboxylic acids is 1. The summed E-state index contributed by atoms with van der Waals surface area (Å²) in [7, 11) is 0. The van der Waals surface area contributed by atoms with Crippen molar-refractivity contribution in [2.24, 2.45) is 0 Å². The van der Waals surface area contributed by atoms with E-state index in [1.807, 2.05) is 37.1 Å². The summed E-state index contributed by atoms with van der Waals surface area (Å²) in [5.41, 5.74) is 0.725. The molecule has 0 atom stereocenters. The molecule has 1 aliphatic rings. The Balaban J connectivity index is 1.67. The van der Waals surface area contributed by atoms with Crippen LogP contribution in [0, 0.1) is 6.92 Å². The zero-order chi connectivity index (χ0) is 14.8. The minimum atomic E-state index is -0.0952. The lowest BCUT2D eigenvalue weighted by Gasteiger charge is -2.21. The summed E-state index contributed by atoms with van der Waals surface area (Å²) in [6.07, 6.45) is 5.62. The van der Waals surface area contributed by atoms with Crippen LogP contribution in [0.2, 0.25) is 0 Å². The molecule has 0 unspecified atom stereocenters. The standard InChI is InChI=1S/C15H20N4O2/c1-3-18-9-12(8-16-18)17-15(20)19(13-5-6-13)10-14-7-4-11(2)21-14/h4,7-9,13H,3,5-6,10H2,1-2H3,(H,17,20). The van der Waals surface area contributed by atoms with Gasteiger partial charge in [0.05, 0.1) is 18.4 Å². The number of nitrogens with one attached hydrogen (secondary N) is 1. The summed E-state index contributed by atoms with van der Waals surface area (Å²) < 4.78 is 7.36. The molecular formula is C15H20N4O2. The molecule has 2 aromatic rings. The fourth-order valence-electron chi connectivity index (χ4n) is 2.29. The van der Waals surface area contributed by atoms with Crippen LogP contribution in [0.25, 0.3) is 0 Å². The van der Waals surface area contributed by atoms with Crippen molar-refractivity contribution < 1.29 is 9.21 Å². The van der Waals surface area contributed by atoms with Gasteiger partial charge in [0.25, 0.3) is 0 Å². The summed E-state index contributed by atoms with van der Waals surface area (Å²) in [5, 5.41) is 7.07. The van der Waals surface area contributed by atoms with Crippen LogP contribution in [0.4, 0.5) is 10.5 Å². The topological polar surface area (TPSA) is 63.3 Å². The molecule has 0 spiro atoms. The SMILES string of the molecule is CCn1cc(NC(=O)N(Cc2ccc(C)o2)C2CC2)cn1. The number of amides is 2. The number of aromatic nitrogens is 2. The minimum Gasteiger partial charge on any atom is -0.464 e. The van der Waals surface area contributed by atoms with Crippen molar-refractivity contribution in [2.45, 2.75) is 45.8 Å². The zero-order valence-electron chi connectivity index (χ0n) is 12.4. The van der Waals surface area contributed by atoms with Crippen molar-refractivity contribution in [3.05, 3.63) is 36.0 Å². The number of urea groups is 1. The zero-order valence-corrected chi connectivity index (χ0v) is 12.4. The van der Waals surface area contributed by atoms with Gasteiger partial charge in [-0.1, -0.05) is 0 Å². The van der Waals surface area contributed by atoms with Crippen LogP contribution < -0.4 is 5.32 Å². The third-order valence-electron chi connectivity index (χ3n) is 3.58. The highest BCUT2D eigenvalue weighted by molar-refractivity contribution is 5.89. The Bertz CT molecular complexity index is 627. The molecule has 1 N–H and O–H groups in total. The van der Waals surface area contributed by atoms with Gasteiger partial charge >= 0.3 is 6.03 Å². The number of carbonyl (C=O) groups is 1. The van der Waals surface area contributed by atoms with E-state index < -0.39 is 0 Å². The molecule has 0 saturated heterocycles. The number of anilines is 1. The Morgan fingerprint density at radius 1 is 1.52 bits per heavy atom. The molecule has 0 aliphatic heterocycles. The Morgan fingerprint density at radius 2 is 2.33 bits per heavy atom. The van der Waals surface area contributed by atoms with Crippen LogP contribution in [-0.2, 0) is 13.1 Å². The maximum atomic E-state index is 12.4. The predicted octanol–water partition coefficient (Wildman–Crippen LogP) is 3.00. The maximum absolute atomic E-state index is 12.4. The average molecular weight is 288 g/mol. The second kappa shape index (κ2) is 5.63. The van der Waals surface area contributed by atoms with E-state index in [0.29, 0.717) is 12.6 Å². The fraction of sp³-hybridized carbons (Fsp3) is 0.467. The van der Waals surface area contributed by atoms with Gasteiger partial charge in [-0.15, -0.1) is 0 Å². The van der Waals surface area contributed by atoms with E-state index in [0.717, 1.165) is 36.6 Å². The predicted molar refractivity (Wildman–Crippen MR) is 78.9 cm³/mol. The number of nitrogens with zero attached hydrogens (tertiary/aromatic N) is 3. The van der Waals surface area contributed by atoms with E-state index in [-0.39, 0.29) is 6.03 Å². The highest BCUT2D eigenvalue weighted by atomic mass is 16.3. The molecule has 2 heterocycles. The molecule has 1 fully saturated rings. The fourth-order valence-corrected chi connectivity index (χ4v) is 2.29. The highest BCUT2D eigenvalue weighted by Gasteiger charge is 2.33. The number of rotatable bonds is 5. The van der Waals surface area contributed by atoms with Gasteiger partial charge in [-0.2, -0.15) is 5.10 Å². The van der Waals surface area contributed by atoms with Crippen molar-refractivity contribution in [1.82, 2.24) is 14.7 Å². The first-order chi connectivity index (χ1) is 10.2. The minimum absolute atomic E-state index is 0.0952. The van der Waals surface area contributed by atoms with E-state index in [4.69, 9.17) is 4.42 Å². The quantitative estimate of drug-likeness (QED) is 0.920. The van der Waals surface area contributed by atoms with E-state index in [9.17, 15) is 4.79 Å². The molecule has 2 aromatic heterocycles. The Kier molecular flexibility index (Phi) is 3.68. The van der Waals surface area contributed by atoms with Crippen LogP contribution in [0.5, 0.6) is 0 Å². The van der Waals surface area contributed by atoms with Crippen molar-refractivity contribution in [1.29, 1.82) is 0 Å². The number of aryl methyl sites for hydroxylation is 2. The molecule has 6 heteroatoms. The Labute approximate surface area is 123 Å². The van der Waals surface area contributed by atoms with E-state index in [2.05, 4.69) is 10.4 Å². The summed E-state index contributed by atoms with van der Waals surface area (Å²) in [5.74, 6) is 1.68. The Morgan fingerprint density at radius 3 is 2.90 bits per heavy atom. The molecule has 1 aliphatic carbocycles. The largest absolute Gasteiger partial charge is 0.464 e. The average Bonchev–Trinajstić information content (AvgIpc) is 3.07. The molecule has 3 rings (SSSR count). The summed E-state index contributed by atoms with van der Waals surface area (Å²) in [6, 6.07) is 4.07. The number of hydrogen-bond donors (Lipinski definition) is 1. The first-order valence-corrected chi connectivity index (χ1v) is 7.31. The first kappa shape index (κ1) is 13.7. The normalized spacial score (nSPS) is 14.2. The third kappa shape index (κ3) is 3.26. The van der Waals surface area contributed by atoms with Crippen LogP contribution >= 0.6 is 0 Å². The smallest absolute Gasteiger partial charge is 0.322 e. The van der Waals surface area contributed by atoms with E-state index in [1.165, 1.54) is 0 Å². The Hall–Kier alpha value is -2.24. The molecule has 6 nitrogen and oxygen atoms in total. The van der Waals surface area contributed by atoms with Crippen LogP contribution in [0.1, 0.15) is 31.3 Å². The second-order valence-electron chi connectivity index (χ2n) is 5.39. The second-order valence-corrected chi connectivity index (χ2v) is 5.39. The molecule has 112 valence electrons. The van der Waals surface area contributed by atoms with Gasteiger partial charge in [0, 0.05) is 18.8 Å². The van der Waals surface area contributed by atoms with Gasteiger partial charge in [0.2, 0.25) is 0 Å². The number of hydrogen-bond acceptors (Lipinski definition) is 3. The molecule has 2 amide bonds. The van der Waals surface area contributed by atoms with E-state index >= 15 is 0 Å². The lowest BCUT2D eigenvalue weighted by molar-refractivity contribution is 0.200. The van der Waals surface area contributed by atoms with Crippen molar-refractivity contribution in [3.8, 4) is 0 Å². The number of furan rings is 1. The highest BCUT2D eigenvalue weighted by Crippen LogP contribution is 2.29. The first-order valence-electron chi connectivity index (χ1n) is 7.31. The lowest BCUT2D eigenvalue weighted by Crippen LogP contribution is -2.36. The van der Waals surface area contributed by atoms with Crippen LogP contribution in [0.3, 0.4) is 0 Å². The maximum Gasteiger partial charge on any atom is 0.322 e. The summed E-state index contributed by atoms with van der Waals surface area (Å²) in [4.78, 5) is 14.3. The van der Waals surface area contributed by atoms with Gasteiger partial charge in [-0.3, -0.25) is 4.68 Å². The summed E-state index contributed by atoms with van der Waals surface area (Å²) >= 11 is 0. The monoisotopic (exact) mass is 288 g/mol.